The first-order valence-corrected chi connectivity index (χ1v) is 5.03. The smallest absolute Gasteiger partial charge is 0.250 e. The van der Waals surface area contributed by atoms with E-state index in [2.05, 4.69) is 13.8 Å². The van der Waals surface area contributed by atoms with E-state index in [1.807, 2.05) is 6.07 Å². The molecule has 0 aromatic heterocycles. The summed E-state index contributed by atoms with van der Waals surface area (Å²) in [5, 5.41) is 0.421. The summed E-state index contributed by atoms with van der Waals surface area (Å²) in [4.78, 5) is 11.0. The molecule has 0 aliphatic rings. The second-order valence-corrected chi connectivity index (χ2v) is 3.82. The summed E-state index contributed by atoms with van der Waals surface area (Å²) in [6.45, 7) is 4.21. The molecular formula is C11H14ClNO. The van der Waals surface area contributed by atoms with Gasteiger partial charge in [-0.15, -0.1) is 0 Å². The van der Waals surface area contributed by atoms with Crippen molar-refractivity contribution in [3.8, 4) is 0 Å². The number of rotatable bonds is 3. The molecule has 2 nitrogen and oxygen atoms in total. The Kier molecular flexibility index (Phi) is 3.53. The summed E-state index contributed by atoms with van der Waals surface area (Å²) >= 11 is 5.84. The first-order valence-electron chi connectivity index (χ1n) is 4.65. The summed E-state index contributed by atoms with van der Waals surface area (Å²) in [6, 6.07) is 5.44. The lowest BCUT2D eigenvalue weighted by Crippen LogP contribution is -2.12. The molecule has 76 valence electrons. The predicted molar refractivity (Wildman–Crippen MR) is 58.7 cm³/mol. The Labute approximate surface area is 89.1 Å². The Hall–Kier alpha value is -1.02. The zero-order valence-electron chi connectivity index (χ0n) is 8.38. The van der Waals surface area contributed by atoms with Crippen molar-refractivity contribution in [2.45, 2.75) is 26.2 Å². The quantitative estimate of drug-likeness (QED) is 0.821. The van der Waals surface area contributed by atoms with Gasteiger partial charge in [0.25, 0.3) is 0 Å². The number of hydrogen-bond donors (Lipinski definition) is 1. The third-order valence-electron chi connectivity index (χ3n) is 2.44. The molecule has 0 radical (unpaired) electrons. The Balaban J connectivity index is 3.12. The van der Waals surface area contributed by atoms with Gasteiger partial charge >= 0.3 is 0 Å². The van der Waals surface area contributed by atoms with Crippen LogP contribution >= 0.6 is 11.6 Å². The molecule has 1 aromatic rings. The van der Waals surface area contributed by atoms with Gasteiger partial charge in [-0.25, -0.2) is 0 Å². The Morgan fingerprint density at radius 3 is 2.71 bits per heavy atom. The van der Waals surface area contributed by atoms with Gasteiger partial charge in [-0.1, -0.05) is 31.5 Å². The third kappa shape index (κ3) is 2.26. The van der Waals surface area contributed by atoms with E-state index in [0.717, 1.165) is 12.0 Å². The largest absolute Gasteiger partial charge is 0.366 e. The van der Waals surface area contributed by atoms with Gasteiger partial charge in [0.1, 0.15) is 0 Å². The Bertz CT molecular complexity index is 349. The Morgan fingerprint density at radius 1 is 1.57 bits per heavy atom. The van der Waals surface area contributed by atoms with Crippen molar-refractivity contribution < 1.29 is 4.79 Å². The Morgan fingerprint density at radius 2 is 2.21 bits per heavy atom. The van der Waals surface area contributed by atoms with Crippen molar-refractivity contribution in [1.29, 1.82) is 0 Å². The number of amides is 1. The molecule has 0 fully saturated rings. The minimum atomic E-state index is -0.472. The lowest BCUT2D eigenvalue weighted by Gasteiger charge is -2.10. The minimum Gasteiger partial charge on any atom is -0.366 e. The van der Waals surface area contributed by atoms with Gasteiger partial charge in [0, 0.05) is 0 Å². The van der Waals surface area contributed by atoms with Gasteiger partial charge < -0.3 is 5.73 Å². The van der Waals surface area contributed by atoms with Crippen molar-refractivity contribution >= 4 is 17.5 Å². The van der Waals surface area contributed by atoms with Crippen LogP contribution in [0.1, 0.15) is 42.1 Å². The fraction of sp³-hybridized carbons (Fsp3) is 0.364. The summed E-state index contributed by atoms with van der Waals surface area (Å²) in [6.07, 6.45) is 1.03. The normalized spacial score (nSPS) is 12.5. The van der Waals surface area contributed by atoms with E-state index >= 15 is 0 Å². The molecule has 0 spiro atoms. The highest BCUT2D eigenvalue weighted by Crippen LogP contribution is 2.24. The van der Waals surface area contributed by atoms with Crippen LogP contribution < -0.4 is 5.73 Å². The molecular weight excluding hydrogens is 198 g/mol. The van der Waals surface area contributed by atoms with Gasteiger partial charge in [0.05, 0.1) is 10.6 Å². The fourth-order valence-electron chi connectivity index (χ4n) is 1.27. The van der Waals surface area contributed by atoms with Crippen LogP contribution in [-0.2, 0) is 0 Å². The molecule has 1 aromatic carbocycles. The average Bonchev–Trinajstić information content (AvgIpc) is 2.17. The zero-order valence-corrected chi connectivity index (χ0v) is 9.14. The zero-order chi connectivity index (χ0) is 10.7. The van der Waals surface area contributed by atoms with Crippen LogP contribution in [0.3, 0.4) is 0 Å². The molecule has 0 aliphatic heterocycles. The van der Waals surface area contributed by atoms with Crippen LogP contribution in [-0.4, -0.2) is 5.91 Å². The van der Waals surface area contributed by atoms with Crippen molar-refractivity contribution in [3.63, 3.8) is 0 Å². The van der Waals surface area contributed by atoms with E-state index in [-0.39, 0.29) is 0 Å². The molecule has 3 heteroatoms. The third-order valence-corrected chi connectivity index (χ3v) is 2.77. The lowest BCUT2D eigenvalue weighted by atomic mass is 9.97. The van der Waals surface area contributed by atoms with Crippen molar-refractivity contribution in [1.82, 2.24) is 0 Å². The first kappa shape index (κ1) is 11.1. The van der Waals surface area contributed by atoms with Crippen molar-refractivity contribution in [2.24, 2.45) is 5.73 Å². The molecule has 0 bridgehead atoms. The summed E-state index contributed by atoms with van der Waals surface area (Å²) < 4.78 is 0. The van der Waals surface area contributed by atoms with Crippen LogP contribution in [0.2, 0.25) is 5.02 Å². The number of hydrogen-bond acceptors (Lipinski definition) is 1. The number of benzene rings is 1. The lowest BCUT2D eigenvalue weighted by molar-refractivity contribution is 0.100. The van der Waals surface area contributed by atoms with Crippen LogP contribution in [0.4, 0.5) is 0 Å². The minimum absolute atomic E-state index is 0.407. The summed E-state index contributed by atoms with van der Waals surface area (Å²) in [7, 11) is 0. The maximum absolute atomic E-state index is 11.0. The average molecular weight is 212 g/mol. The van der Waals surface area contributed by atoms with Crippen molar-refractivity contribution in [3.05, 3.63) is 34.3 Å². The number of carbonyl (C=O) groups is 1. The molecule has 14 heavy (non-hydrogen) atoms. The van der Waals surface area contributed by atoms with Crippen LogP contribution in [0.25, 0.3) is 0 Å². The second-order valence-electron chi connectivity index (χ2n) is 3.41. The van der Waals surface area contributed by atoms with E-state index in [0.29, 0.717) is 16.5 Å². The van der Waals surface area contributed by atoms with E-state index in [4.69, 9.17) is 17.3 Å². The number of halogens is 1. The first-order chi connectivity index (χ1) is 6.56. The molecule has 1 amide bonds. The molecule has 0 aliphatic carbocycles. The number of nitrogens with two attached hydrogens (primary N) is 1. The van der Waals surface area contributed by atoms with Crippen LogP contribution in [0.5, 0.6) is 0 Å². The molecule has 1 rings (SSSR count). The van der Waals surface area contributed by atoms with E-state index in [9.17, 15) is 4.79 Å². The molecule has 0 saturated carbocycles. The topological polar surface area (TPSA) is 43.1 Å². The van der Waals surface area contributed by atoms with Gasteiger partial charge in [-0.05, 0) is 30.0 Å². The van der Waals surface area contributed by atoms with Crippen LogP contribution in [0, 0.1) is 0 Å². The molecule has 1 unspecified atom stereocenters. The van der Waals surface area contributed by atoms with Gasteiger partial charge in [0.2, 0.25) is 5.91 Å². The fourth-order valence-corrected chi connectivity index (χ4v) is 1.48. The van der Waals surface area contributed by atoms with Gasteiger partial charge in [-0.3, -0.25) is 4.79 Å². The maximum Gasteiger partial charge on any atom is 0.250 e. The second kappa shape index (κ2) is 4.47. The highest BCUT2D eigenvalue weighted by atomic mass is 35.5. The SMILES string of the molecule is CCC(C)c1ccc(Cl)c(C(N)=O)c1. The molecule has 0 heterocycles. The summed E-state index contributed by atoms with van der Waals surface area (Å²) in [5.41, 5.74) is 6.71. The maximum atomic E-state index is 11.0. The summed E-state index contributed by atoms with van der Waals surface area (Å²) in [5.74, 6) is -0.0504. The molecule has 2 N–H and O–H groups in total. The van der Waals surface area contributed by atoms with Crippen LogP contribution in [0.15, 0.2) is 18.2 Å². The number of primary amides is 1. The van der Waals surface area contributed by atoms with Gasteiger partial charge in [0.15, 0.2) is 0 Å². The van der Waals surface area contributed by atoms with E-state index in [1.54, 1.807) is 12.1 Å². The standard InChI is InChI=1S/C11H14ClNO/c1-3-7(2)8-4-5-10(12)9(6-8)11(13)14/h4-7H,3H2,1-2H3,(H2,13,14). The highest BCUT2D eigenvalue weighted by molar-refractivity contribution is 6.33. The molecule has 1 atom stereocenters. The monoisotopic (exact) mass is 211 g/mol. The molecule has 0 saturated heterocycles. The number of carbonyl (C=O) groups excluding carboxylic acids is 1. The highest BCUT2D eigenvalue weighted by Gasteiger charge is 2.10. The van der Waals surface area contributed by atoms with Crippen molar-refractivity contribution in [2.75, 3.05) is 0 Å². The van der Waals surface area contributed by atoms with Gasteiger partial charge in [-0.2, -0.15) is 0 Å². The van der Waals surface area contributed by atoms with E-state index in [1.165, 1.54) is 0 Å². The van der Waals surface area contributed by atoms with E-state index < -0.39 is 5.91 Å². The predicted octanol–water partition coefficient (Wildman–Crippen LogP) is 2.95.